The molecule has 0 N–H and O–H groups in total. The predicted molar refractivity (Wildman–Crippen MR) is 51.9 cm³/mol. The Hall–Kier alpha value is 1.40. The van der Waals surface area contributed by atoms with E-state index in [4.69, 9.17) is 0 Å². The van der Waals surface area contributed by atoms with Crippen LogP contribution in [0, 0.1) is 0 Å². The molecule has 0 fully saturated rings. The van der Waals surface area contributed by atoms with E-state index in [0.29, 0.717) is 0 Å². The van der Waals surface area contributed by atoms with Crippen molar-refractivity contribution in [3.8, 4) is 0 Å². The van der Waals surface area contributed by atoms with Crippen molar-refractivity contribution in [2.75, 3.05) is 22.7 Å². The molecule has 0 aliphatic heterocycles. The summed E-state index contributed by atoms with van der Waals surface area (Å²) in [6.45, 7) is 0. The van der Waals surface area contributed by atoms with E-state index < -0.39 is 0 Å². The van der Waals surface area contributed by atoms with Gasteiger partial charge in [0.05, 0.1) is 5.08 Å². The Bertz CT molecular complexity index is 33.0. The first-order valence-corrected chi connectivity index (χ1v) is 7.41. The third-order valence-corrected chi connectivity index (χ3v) is 4.92. The third-order valence-electron chi connectivity index (χ3n) is 0.450. The molecule has 0 aliphatic carbocycles. The van der Waals surface area contributed by atoms with Gasteiger partial charge in [-0.1, -0.05) is 21.6 Å². The Kier molecular flexibility index (Phi) is 9.87. The monoisotopic (exact) mass is 186 g/mol. The molecule has 0 rings (SSSR count). The van der Waals surface area contributed by atoms with E-state index >= 15 is 0 Å². The minimum absolute atomic E-state index is 1.22. The summed E-state index contributed by atoms with van der Waals surface area (Å²) in [6, 6.07) is 0. The molecule has 0 unspecified atom stereocenters. The summed E-state index contributed by atoms with van der Waals surface area (Å²) >= 11 is 3.88. The SMILES string of the molecule is CSCSCSSC. The molecule has 0 aliphatic rings. The lowest BCUT2D eigenvalue weighted by Gasteiger charge is -1.93. The lowest BCUT2D eigenvalue weighted by molar-refractivity contribution is 2.15. The molecule has 0 saturated carbocycles. The van der Waals surface area contributed by atoms with Crippen molar-refractivity contribution in [3.05, 3.63) is 0 Å². The van der Waals surface area contributed by atoms with Crippen LogP contribution >= 0.6 is 45.1 Å². The maximum atomic E-state index is 2.14. The van der Waals surface area contributed by atoms with Gasteiger partial charge < -0.3 is 0 Å². The van der Waals surface area contributed by atoms with Crippen LogP contribution in [0.2, 0.25) is 0 Å². The van der Waals surface area contributed by atoms with Crippen LogP contribution in [0.1, 0.15) is 0 Å². The summed E-state index contributed by atoms with van der Waals surface area (Å²) in [7, 11) is 3.75. The number of thioether (sulfide) groups is 2. The highest BCUT2D eigenvalue weighted by Crippen LogP contribution is 2.23. The topological polar surface area (TPSA) is 0 Å². The second kappa shape index (κ2) is 8.40. The Labute approximate surface area is 67.7 Å². The average molecular weight is 186 g/mol. The zero-order valence-electron chi connectivity index (χ0n) is 5.05. The van der Waals surface area contributed by atoms with Gasteiger partial charge in [0, 0.05) is 5.08 Å². The van der Waals surface area contributed by atoms with Crippen LogP contribution in [0.25, 0.3) is 0 Å². The average Bonchev–Trinajstić information content (AvgIpc) is 1.81. The van der Waals surface area contributed by atoms with Gasteiger partial charge in [-0.15, -0.1) is 11.8 Å². The van der Waals surface area contributed by atoms with Gasteiger partial charge in [-0.05, 0) is 12.5 Å². The van der Waals surface area contributed by atoms with E-state index in [1.54, 1.807) is 0 Å². The fourth-order valence-corrected chi connectivity index (χ4v) is 3.89. The van der Waals surface area contributed by atoms with Crippen LogP contribution in [-0.2, 0) is 0 Å². The second-order valence-corrected chi connectivity index (χ2v) is 6.16. The molecule has 0 bridgehead atoms. The Morgan fingerprint density at radius 3 is 2.38 bits per heavy atom. The zero-order valence-corrected chi connectivity index (χ0v) is 8.31. The summed E-state index contributed by atoms with van der Waals surface area (Å²) < 4.78 is 0. The molecule has 50 valence electrons. The van der Waals surface area contributed by atoms with E-state index in [1.807, 2.05) is 45.1 Å². The first-order chi connectivity index (χ1) is 3.91. The molecule has 0 aromatic heterocycles. The van der Waals surface area contributed by atoms with E-state index in [0.717, 1.165) is 0 Å². The van der Waals surface area contributed by atoms with Crippen LogP contribution in [0.3, 0.4) is 0 Å². The van der Waals surface area contributed by atoms with E-state index in [2.05, 4.69) is 12.5 Å². The second-order valence-electron chi connectivity index (χ2n) is 1.01. The molecule has 0 spiro atoms. The first kappa shape index (κ1) is 9.40. The van der Waals surface area contributed by atoms with E-state index in [-0.39, 0.29) is 0 Å². The smallest absolute Gasteiger partial charge is 0.0504 e. The van der Waals surface area contributed by atoms with Gasteiger partial charge in [-0.3, -0.25) is 0 Å². The number of hydrogen-bond donors (Lipinski definition) is 0. The highest BCUT2D eigenvalue weighted by Gasteiger charge is 1.84. The van der Waals surface area contributed by atoms with Crippen molar-refractivity contribution in [1.82, 2.24) is 0 Å². The maximum absolute atomic E-state index is 2.14. The van der Waals surface area contributed by atoms with Gasteiger partial charge in [0.2, 0.25) is 0 Å². The summed E-state index contributed by atoms with van der Waals surface area (Å²) in [6.07, 6.45) is 4.25. The van der Waals surface area contributed by atoms with Gasteiger partial charge in [0.25, 0.3) is 0 Å². The third kappa shape index (κ3) is 7.40. The van der Waals surface area contributed by atoms with Crippen LogP contribution in [0.15, 0.2) is 0 Å². The molecule has 0 nitrogen and oxygen atoms in total. The van der Waals surface area contributed by atoms with E-state index in [1.165, 1.54) is 10.2 Å². The molecule has 0 radical (unpaired) electrons. The normalized spacial score (nSPS) is 9.75. The molecule has 8 heavy (non-hydrogen) atoms. The lowest BCUT2D eigenvalue weighted by atomic mass is 11.9. The number of hydrogen-bond acceptors (Lipinski definition) is 4. The summed E-state index contributed by atoms with van der Waals surface area (Å²) in [4.78, 5) is 0. The molecule has 0 aromatic carbocycles. The van der Waals surface area contributed by atoms with Crippen molar-refractivity contribution < 1.29 is 0 Å². The molecular weight excluding hydrogens is 176 g/mol. The Morgan fingerprint density at radius 1 is 1.12 bits per heavy atom. The molecule has 0 heterocycles. The van der Waals surface area contributed by atoms with E-state index in [9.17, 15) is 0 Å². The van der Waals surface area contributed by atoms with Crippen molar-refractivity contribution in [3.63, 3.8) is 0 Å². The van der Waals surface area contributed by atoms with Crippen LogP contribution < -0.4 is 0 Å². The molecular formula is C4H10S4. The molecule has 4 heteroatoms. The lowest BCUT2D eigenvalue weighted by Crippen LogP contribution is -1.67. The standard InChI is InChI=1S/C4H10S4/c1-5-3-7-4-8-6-2/h3-4H2,1-2H3. The van der Waals surface area contributed by atoms with Gasteiger partial charge >= 0.3 is 0 Å². The molecule has 0 saturated heterocycles. The zero-order chi connectivity index (χ0) is 6.24. The van der Waals surface area contributed by atoms with Crippen molar-refractivity contribution in [2.45, 2.75) is 0 Å². The fraction of sp³-hybridized carbons (Fsp3) is 1.00. The molecule has 0 amide bonds. The Balaban J connectivity index is 2.53. The van der Waals surface area contributed by atoms with Crippen LogP contribution in [-0.4, -0.2) is 22.7 Å². The summed E-state index contributed by atoms with van der Waals surface area (Å²) in [5.74, 6) is 0. The van der Waals surface area contributed by atoms with Gasteiger partial charge in [-0.25, -0.2) is 0 Å². The molecule has 0 aromatic rings. The largest absolute Gasteiger partial charge is 0.154 e. The minimum atomic E-state index is 1.22. The minimum Gasteiger partial charge on any atom is -0.154 e. The van der Waals surface area contributed by atoms with Gasteiger partial charge in [0.15, 0.2) is 0 Å². The highest BCUT2D eigenvalue weighted by atomic mass is 33.1. The quantitative estimate of drug-likeness (QED) is 0.367. The van der Waals surface area contributed by atoms with Crippen molar-refractivity contribution >= 4 is 45.1 Å². The van der Waals surface area contributed by atoms with Gasteiger partial charge in [-0.2, -0.15) is 11.8 Å². The maximum Gasteiger partial charge on any atom is 0.0504 e. The van der Waals surface area contributed by atoms with Gasteiger partial charge in [0.1, 0.15) is 0 Å². The van der Waals surface area contributed by atoms with Crippen molar-refractivity contribution in [2.24, 2.45) is 0 Å². The Morgan fingerprint density at radius 2 is 1.88 bits per heavy atom. The predicted octanol–water partition coefficient (Wildman–Crippen LogP) is 3.01. The first-order valence-electron chi connectivity index (χ1n) is 2.14. The summed E-state index contributed by atoms with van der Waals surface area (Å²) in [5.41, 5.74) is 0. The van der Waals surface area contributed by atoms with Crippen molar-refractivity contribution in [1.29, 1.82) is 0 Å². The number of rotatable bonds is 5. The van der Waals surface area contributed by atoms with Crippen LogP contribution in [0.5, 0.6) is 0 Å². The molecule has 0 atom stereocenters. The summed E-state index contributed by atoms with van der Waals surface area (Å²) in [5, 5.41) is 2.45. The highest BCUT2D eigenvalue weighted by molar-refractivity contribution is 8.78. The fourth-order valence-electron chi connectivity index (χ4n) is 0.199. The van der Waals surface area contributed by atoms with Crippen LogP contribution in [0.4, 0.5) is 0 Å².